The molecule has 0 fully saturated rings. The van der Waals surface area contributed by atoms with E-state index in [-0.39, 0.29) is 12.5 Å². The van der Waals surface area contributed by atoms with Crippen molar-refractivity contribution in [3.05, 3.63) is 0 Å². The molecule has 0 aromatic rings. The fourth-order valence-electron chi connectivity index (χ4n) is 1.30. The molecular weight excluding hydrogens is 222 g/mol. The predicted molar refractivity (Wildman–Crippen MR) is 65.5 cm³/mol. The lowest BCUT2D eigenvalue weighted by Gasteiger charge is -2.30. The fourth-order valence-corrected chi connectivity index (χ4v) is 1.30. The zero-order valence-electron chi connectivity index (χ0n) is 11.8. The van der Waals surface area contributed by atoms with Crippen LogP contribution in [0.25, 0.3) is 0 Å². The minimum Gasteiger partial charge on any atom is -0.459 e. The fraction of sp³-hybridized carbons (Fsp3) is 0.917. The maximum absolute atomic E-state index is 11.5. The maximum Gasteiger partial charge on any atom is 0.320 e. The SMILES string of the molecule is CCOC(C)(NCC(=O)OC(C)(C)C)OCC. The summed E-state index contributed by atoms with van der Waals surface area (Å²) in [5.41, 5.74) is -0.480. The van der Waals surface area contributed by atoms with Crippen LogP contribution in [0, 0.1) is 0 Å². The number of nitrogens with one attached hydrogen (secondary N) is 1. The van der Waals surface area contributed by atoms with E-state index in [1.165, 1.54) is 0 Å². The van der Waals surface area contributed by atoms with Crippen LogP contribution in [0.15, 0.2) is 0 Å². The highest BCUT2D eigenvalue weighted by Crippen LogP contribution is 2.10. The van der Waals surface area contributed by atoms with Crippen LogP contribution in [-0.2, 0) is 19.0 Å². The van der Waals surface area contributed by atoms with Crippen molar-refractivity contribution >= 4 is 5.97 Å². The average molecular weight is 247 g/mol. The molecule has 0 atom stereocenters. The number of rotatable bonds is 7. The summed E-state index contributed by atoms with van der Waals surface area (Å²) in [4.78, 5) is 11.5. The van der Waals surface area contributed by atoms with Crippen molar-refractivity contribution in [2.24, 2.45) is 0 Å². The monoisotopic (exact) mass is 247 g/mol. The summed E-state index contributed by atoms with van der Waals surface area (Å²) in [6, 6.07) is 0. The lowest BCUT2D eigenvalue weighted by atomic mass is 10.2. The summed E-state index contributed by atoms with van der Waals surface area (Å²) in [6.07, 6.45) is 0. The van der Waals surface area contributed by atoms with E-state index >= 15 is 0 Å². The summed E-state index contributed by atoms with van der Waals surface area (Å²) < 4.78 is 16.0. The normalized spacial score (nSPS) is 12.6. The van der Waals surface area contributed by atoms with Gasteiger partial charge in [0.2, 0.25) is 5.91 Å². The largest absolute Gasteiger partial charge is 0.459 e. The highest BCUT2D eigenvalue weighted by molar-refractivity contribution is 5.72. The summed E-state index contributed by atoms with van der Waals surface area (Å²) >= 11 is 0. The molecule has 0 radical (unpaired) electrons. The molecule has 0 heterocycles. The second kappa shape index (κ2) is 6.93. The molecule has 0 amide bonds. The van der Waals surface area contributed by atoms with Gasteiger partial charge in [0.25, 0.3) is 0 Å². The first kappa shape index (κ1) is 16.4. The van der Waals surface area contributed by atoms with Gasteiger partial charge in [-0.3, -0.25) is 10.1 Å². The molecule has 5 nitrogen and oxygen atoms in total. The topological polar surface area (TPSA) is 56.8 Å². The minimum absolute atomic E-state index is 0.0494. The predicted octanol–water partition coefficient (Wildman–Crippen LogP) is 1.66. The summed E-state index contributed by atoms with van der Waals surface area (Å²) in [7, 11) is 0. The Morgan fingerprint density at radius 3 is 1.88 bits per heavy atom. The molecule has 5 heteroatoms. The van der Waals surface area contributed by atoms with Crippen LogP contribution < -0.4 is 5.32 Å². The van der Waals surface area contributed by atoms with Gasteiger partial charge < -0.3 is 14.2 Å². The van der Waals surface area contributed by atoms with Gasteiger partial charge in [0.05, 0.1) is 6.54 Å². The standard InChI is InChI=1S/C12H25NO4/c1-7-15-12(6,16-8-2)13-9-10(14)17-11(3,4)5/h13H,7-9H2,1-6H3. The first-order chi connectivity index (χ1) is 7.72. The summed E-state index contributed by atoms with van der Waals surface area (Å²) in [5.74, 6) is -1.27. The van der Waals surface area contributed by atoms with E-state index in [2.05, 4.69) is 5.32 Å². The molecule has 17 heavy (non-hydrogen) atoms. The van der Waals surface area contributed by atoms with Gasteiger partial charge in [0, 0.05) is 20.1 Å². The third kappa shape index (κ3) is 8.12. The summed E-state index contributed by atoms with van der Waals surface area (Å²) in [5, 5.41) is 2.90. The number of esters is 1. The van der Waals surface area contributed by atoms with Gasteiger partial charge in [-0.05, 0) is 34.6 Å². The first-order valence-corrected chi connectivity index (χ1v) is 5.97. The highest BCUT2D eigenvalue weighted by atomic mass is 16.7. The second-order valence-corrected chi connectivity index (χ2v) is 4.75. The quantitative estimate of drug-likeness (QED) is 0.548. The number of hydrogen-bond donors (Lipinski definition) is 1. The van der Waals surface area contributed by atoms with E-state index in [0.29, 0.717) is 13.2 Å². The van der Waals surface area contributed by atoms with Crippen molar-refractivity contribution in [1.29, 1.82) is 0 Å². The molecule has 0 saturated heterocycles. The highest BCUT2D eigenvalue weighted by Gasteiger charge is 2.26. The summed E-state index contributed by atoms with van der Waals surface area (Å²) in [6.45, 7) is 12.0. The van der Waals surface area contributed by atoms with E-state index in [9.17, 15) is 4.79 Å². The van der Waals surface area contributed by atoms with Crippen molar-refractivity contribution in [3.63, 3.8) is 0 Å². The van der Waals surface area contributed by atoms with Gasteiger partial charge in [0.15, 0.2) is 0 Å². The molecule has 0 aromatic carbocycles. The molecule has 0 aliphatic carbocycles. The van der Waals surface area contributed by atoms with Crippen molar-refractivity contribution in [1.82, 2.24) is 5.32 Å². The van der Waals surface area contributed by atoms with Crippen molar-refractivity contribution in [3.8, 4) is 0 Å². The first-order valence-electron chi connectivity index (χ1n) is 5.97. The lowest BCUT2D eigenvalue weighted by Crippen LogP contribution is -2.50. The van der Waals surface area contributed by atoms with Crippen molar-refractivity contribution in [2.45, 2.75) is 53.1 Å². The average Bonchev–Trinajstić information content (AvgIpc) is 2.13. The van der Waals surface area contributed by atoms with Gasteiger partial charge in [-0.2, -0.15) is 0 Å². The van der Waals surface area contributed by atoms with E-state index < -0.39 is 11.5 Å². The van der Waals surface area contributed by atoms with Crippen LogP contribution >= 0.6 is 0 Å². The van der Waals surface area contributed by atoms with Gasteiger partial charge in [-0.1, -0.05) is 0 Å². The molecule has 0 aliphatic heterocycles. The van der Waals surface area contributed by atoms with Crippen molar-refractivity contribution in [2.75, 3.05) is 19.8 Å². The Bertz CT molecular complexity index is 229. The Hall–Kier alpha value is -0.650. The molecule has 0 aliphatic rings. The van der Waals surface area contributed by atoms with E-state index in [0.717, 1.165) is 0 Å². The third-order valence-electron chi connectivity index (χ3n) is 1.81. The molecule has 0 unspecified atom stereocenters. The Morgan fingerprint density at radius 1 is 1.06 bits per heavy atom. The number of carbonyl (C=O) groups excluding carboxylic acids is 1. The third-order valence-corrected chi connectivity index (χ3v) is 1.81. The van der Waals surface area contributed by atoms with Crippen LogP contribution in [0.4, 0.5) is 0 Å². The Labute approximate surface area is 104 Å². The maximum atomic E-state index is 11.5. The van der Waals surface area contributed by atoms with Gasteiger partial charge in [0.1, 0.15) is 5.60 Å². The van der Waals surface area contributed by atoms with Gasteiger partial charge in [-0.15, -0.1) is 0 Å². The molecule has 0 bridgehead atoms. The van der Waals surface area contributed by atoms with Gasteiger partial charge >= 0.3 is 5.97 Å². The zero-order chi connectivity index (χ0) is 13.5. The zero-order valence-corrected chi connectivity index (χ0v) is 11.8. The number of ether oxygens (including phenoxy) is 3. The Kier molecular flexibility index (Phi) is 6.67. The van der Waals surface area contributed by atoms with Crippen molar-refractivity contribution < 1.29 is 19.0 Å². The van der Waals surface area contributed by atoms with E-state index in [1.807, 2.05) is 34.6 Å². The molecule has 0 aromatic heterocycles. The van der Waals surface area contributed by atoms with E-state index in [4.69, 9.17) is 14.2 Å². The van der Waals surface area contributed by atoms with Crippen LogP contribution in [-0.4, -0.2) is 37.2 Å². The lowest BCUT2D eigenvalue weighted by molar-refractivity contribution is -0.241. The molecule has 0 spiro atoms. The molecule has 0 saturated carbocycles. The molecular formula is C12H25NO4. The second-order valence-electron chi connectivity index (χ2n) is 4.75. The molecule has 0 rings (SSSR count). The van der Waals surface area contributed by atoms with Gasteiger partial charge in [-0.25, -0.2) is 0 Å². The van der Waals surface area contributed by atoms with Crippen LogP contribution in [0.2, 0.25) is 0 Å². The van der Waals surface area contributed by atoms with Crippen LogP contribution in [0.1, 0.15) is 41.5 Å². The molecule has 102 valence electrons. The Balaban J connectivity index is 4.17. The van der Waals surface area contributed by atoms with Crippen LogP contribution in [0.5, 0.6) is 0 Å². The molecule has 1 N–H and O–H groups in total. The number of carbonyl (C=O) groups is 1. The van der Waals surface area contributed by atoms with E-state index in [1.54, 1.807) is 6.92 Å². The smallest absolute Gasteiger partial charge is 0.320 e. The number of hydrogen-bond acceptors (Lipinski definition) is 5. The Morgan fingerprint density at radius 2 is 1.53 bits per heavy atom. The minimum atomic E-state index is -0.944. The van der Waals surface area contributed by atoms with Crippen LogP contribution in [0.3, 0.4) is 0 Å².